The van der Waals surface area contributed by atoms with Crippen LogP contribution >= 0.6 is 0 Å². The number of halogens is 1. The summed E-state index contributed by atoms with van der Waals surface area (Å²) in [7, 11) is 0. The SMILES string of the molecule is CCn1c(=O)c2c(ncn2C(C)C)n(-c2cccc(F)c2)c1=O. The molecule has 0 unspecified atom stereocenters. The minimum atomic E-state index is -0.524. The van der Waals surface area contributed by atoms with Crippen molar-refractivity contribution in [3.8, 4) is 5.69 Å². The van der Waals surface area contributed by atoms with Gasteiger partial charge >= 0.3 is 5.69 Å². The first-order valence-electron chi connectivity index (χ1n) is 7.44. The number of fused-ring (bicyclic) bond motifs is 1. The van der Waals surface area contributed by atoms with E-state index in [1.54, 1.807) is 17.6 Å². The average Bonchev–Trinajstić information content (AvgIpc) is 2.93. The van der Waals surface area contributed by atoms with E-state index in [2.05, 4.69) is 4.98 Å². The zero-order chi connectivity index (χ0) is 16.7. The van der Waals surface area contributed by atoms with E-state index in [9.17, 15) is 14.0 Å². The largest absolute Gasteiger partial charge is 0.337 e. The lowest BCUT2D eigenvalue weighted by molar-refractivity contribution is 0.603. The Morgan fingerprint density at radius 3 is 2.61 bits per heavy atom. The molecular formula is C16H17FN4O2. The Kier molecular flexibility index (Phi) is 3.63. The average molecular weight is 316 g/mol. The van der Waals surface area contributed by atoms with Gasteiger partial charge in [0.15, 0.2) is 11.2 Å². The van der Waals surface area contributed by atoms with Crippen molar-refractivity contribution >= 4 is 11.2 Å². The Labute approximate surface area is 131 Å². The maximum Gasteiger partial charge on any atom is 0.337 e. The van der Waals surface area contributed by atoms with E-state index in [4.69, 9.17) is 0 Å². The van der Waals surface area contributed by atoms with Gasteiger partial charge in [-0.2, -0.15) is 0 Å². The molecule has 6 nitrogen and oxygen atoms in total. The second-order valence-electron chi connectivity index (χ2n) is 5.57. The van der Waals surface area contributed by atoms with Gasteiger partial charge < -0.3 is 4.57 Å². The minimum absolute atomic E-state index is 0.0106. The third kappa shape index (κ3) is 2.28. The molecule has 7 heteroatoms. The Balaban J connectivity index is 2.52. The molecule has 2 aromatic heterocycles. The number of benzene rings is 1. The Hall–Kier alpha value is -2.70. The molecule has 0 atom stereocenters. The lowest BCUT2D eigenvalue weighted by Crippen LogP contribution is -2.39. The molecular weight excluding hydrogens is 299 g/mol. The van der Waals surface area contributed by atoms with Crippen LogP contribution in [0, 0.1) is 5.82 Å². The second kappa shape index (κ2) is 5.49. The van der Waals surface area contributed by atoms with E-state index in [-0.39, 0.29) is 23.8 Å². The van der Waals surface area contributed by atoms with Gasteiger partial charge in [-0.15, -0.1) is 0 Å². The predicted molar refractivity (Wildman–Crippen MR) is 85.6 cm³/mol. The number of hydrogen-bond acceptors (Lipinski definition) is 3. The topological polar surface area (TPSA) is 61.8 Å². The highest BCUT2D eigenvalue weighted by Gasteiger charge is 2.19. The first-order chi connectivity index (χ1) is 11.0. The maximum atomic E-state index is 13.6. The molecule has 0 aliphatic heterocycles. The quantitative estimate of drug-likeness (QED) is 0.743. The molecule has 3 aromatic rings. The van der Waals surface area contributed by atoms with Crippen LogP contribution in [0.25, 0.3) is 16.9 Å². The molecule has 0 amide bonds. The number of hydrogen-bond donors (Lipinski definition) is 0. The van der Waals surface area contributed by atoms with Gasteiger partial charge in [0.25, 0.3) is 5.56 Å². The monoisotopic (exact) mass is 316 g/mol. The molecule has 0 bridgehead atoms. The summed E-state index contributed by atoms with van der Waals surface area (Å²) in [6.45, 7) is 5.80. The van der Waals surface area contributed by atoms with Crippen molar-refractivity contribution in [3.05, 3.63) is 57.2 Å². The van der Waals surface area contributed by atoms with Crippen LogP contribution in [-0.2, 0) is 6.54 Å². The lowest BCUT2D eigenvalue weighted by atomic mass is 10.3. The highest BCUT2D eigenvalue weighted by Crippen LogP contribution is 2.16. The molecule has 2 heterocycles. The summed E-state index contributed by atoms with van der Waals surface area (Å²) in [6, 6.07) is 5.69. The third-order valence-corrected chi connectivity index (χ3v) is 3.80. The van der Waals surface area contributed by atoms with Crippen LogP contribution in [0.2, 0.25) is 0 Å². The van der Waals surface area contributed by atoms with Crippen molar-refractivity contribution in [1.82, 2.24) is 18.7 Å². The fourth-order valence-electron chi connectivity index (χ4n) is 2.67. The van der Waals surface area contributed by atoms with Crippen molar-refractivity contribution in [2.24, 2.45) is 0 Å². The van der Waals surface area contributed by atoms with Crippen molar-refractivity contribution in [2.45, 2.75) is 33.4 Å². The van der Waals surface area contributed by atoms with Crippen molar-refractivity contribution in [2.75, 3.05) is 0 Å². The number of rotatable bonds is 3. The van der Waals surface area contributed by atoms with Gasteiger partial charge in [-0.1, -0.05) is 6.07 Å². The molecule has 0 N–H and O–H groups in total. The van der Waals surface area contributed by atoms with Crippen molar-refractivity contribution in [1.29, 1.82) is 0 Å². The van der Waals surface area contributed by atoms with E-state index in [1.807, 2.05) is 13.8 Å². The van der Waals surface area contributed by atoms with Gasteiger partial charge in [-0.05, 0) is 39.0 Å². The second-order valence-corrected chi connectivity index (χ2v) is 5.57. The van der Waals surface area contributed by atoms with Crippen LogP contribution < -0.4 is 11.2 Å². The van der Waals surface area contributed by atoms with Crippen molar-refractivity contribution < 1.29 is 4.39 Å². The molecule has 0 spiro atoms. The van der Waals surface area contributed by atoms with Gasteiger partial charge in [0.05, 0.1) is 12.0 Å². The fraction of sp³-hybridized carbons (Fsp3) is 0.312. The Morgan fingerprint density at radius 1 is 1.26 bits per heavy atom. The van der Waals surface area contributed by atoms with Crippen LogP contribution in [0.5, 0.6) is 0 Å². The number of aromatic nitrogens is 4. The fourth-order valence-corrected chi connectivity index (χ4v) is 2.67. The highest BCUT2D eigenvalue weighted by atomic mass is 19.1. The van der Waals surface area contributed by atoms with Gasteiger partial charge in [0, 0.05) is 12.6 Å². The summed E-state index contributed by atoms with van der Waals surface area (Å²) >= 11 is 0. The Bertz CT molecular complexity index is 997. The molecule has 120 valence electrons. The van der Waals surface area contributed by atoms with Crippen LogP contribution in [0.1, 0.15) is 26.8 Å². The first kappa shape index (κ1) is 15.2. The smallest absolute Gasteiger partial charge is 0.322 e. The summed E-state index contributed by atoms with van der Waals surface area (Å²) in [4.78, 5) is 29.5. The van der Waals surface area contributed by atoms with Crippen LogP contribution in [-0.4, -0.2) is 18.7 Å². The van der Waals surface area contributed by atoms with E-state index in [0.29, 0.717) is 11.2 Å². The van der Waals surface area contributed by atoms with E-state index in [0.717, 1.165) is 4.57 Å². The standard InChI is InChI=1S/C16H17FN4O2/c1-4-19-15(22)13-14(18-9-20(13)10(2)3)21(16(19)23)12-7-5-6-11(17)8-12/h5-10H,4H2,1-3H3. The molecule has 0 radical (unpaired) electrons. The summed E-state index contributed by atoms with van der Waals surface area (Å²) in [5, 5.41) is 0. The van der Waals surface area contributed by atoms with E-state index in [1.165, 1.54) is 29.1 Å². The molecule has 0 saturated heterocycles. The molecule has 0 saturated carbocycles. The van der Waals surface area contributed by atoms with Crippen molar-refractivity contribution in [3.63, 3.8) is 0 Å². The van der Waals surface area contributed by atoms with Crippen LogP contribution in [0.3, 0.4) is 0 Å². The molecule has 1 aromatic carbocycles. The predicted octanol–water partition coefficient (Wildman–Crippen LogP) is 2.09. The zero-order valence-corrected chi connectivity index (χ0v) is 13.2. The Morgan fingerprint density at radius 2 is 2.00 bits per heavy atom. The van der Waals surface area contributed by atoms with Crippen LogP contribution in [0.15, 0.2) is 40.2 Å². The van der Waals surface area contributed by atoms with Gasteiger partial charge in [-0.25, -0.2) is 18.7 Å². The van der Waals surface area contributed by atoms with E-state index >= 15 is 0 Å². The molecule has 23 heavy (non-hydrogen) atoms. The lowest BCUT2D eigenvalue weighted by Gasteiger charge is -2.12. The maximum absolute atomic E-state index is 13.6. The highest BCUT2D eigenvalue weighted by molar-refractivity contribution is 5.72. The summed E-state index contributed by atoms with van der Waals surface area (Å²) < 4.78 is 17.7. The van der Waals surface area contributed by atoms with Gasteiger partial charge in [0.1, 0.15) is 5.82 Å². The summed E-state index contributed by atoms with van der Waals surface area (Å²) in [5.41, 5.74) is 0.0156. The molecule has 0 aliphatic carbocycles. The summed E-state index contributed by atoms with van der Waals surface area (Å²) in [6.07, 6.45) is 1.53. The third-order valence-electron chi connectivity index (χ3n) is 3.80. The number of imidazole rings is 1. The zero-order valence-electron chi connectivity index (χ0n) is 13.2. The first-order valence-corrected chi connectivity index (χ1v) is 7.44. The summed E-state index contributed by atoms with van der Waals surface area (Å²) in [5.74, 6) is -0.458. The van der Waals surface area contributed by atoms with E-state index < -0.39 is 11.5 Å². The van der Waals surface area contributed by atoms with Gasteiger partial charge in [0.2, 0.25) is 0 Å². The number of nitrogens with zero attached hydrogens (tertiary/aromatic N) is 4. The van der Waals surface area contributed by atoms with Crippen LogP contribution in [0.4, 0.5) is 4.39 Å². The normalized spacial score (nSPS) is 11.5. The molecule has 0 fully saturated rings. The molecule has 3 rings (SSSR count). The van der Waals surface area contributed by atoms with Gasteiger partial charge in [-0.3, -0.25) is 9.36 Å². The minimum Gasteiger partial charge on any atom is -0.322 e. The molecule has 0 aliphatic rings.